The third-order valence-electron chi connectivity index (χ3n) is 7.53. The first-order chi connectivity index (χ1) is 15.5. The lowest BCUT2D eigenvalue weighted by Crippen LogP contribution is -2.50. The van der Waals surface area contributed by atoms with Crippen molar-refractivity contribution in [3.05, 3.63) is 95.3 Å². The Morgan fingerprint density at radius 2 is 1.97 bits per heavy atom. The Bertz CT molecular complexity index is 1110. The van der Waals surface area contributed by atoms with Gasteiger partial charge < -0.3 is 10.4 Å². The molecule has 0 spiro atoms. The normalized spacial score (nSPS) is 26.6. The standard InChI is InChI=1S/C28H30N2O2/c1-27(32)13-14-28(17-20-6-3-2-4-7-20)23(18-27)11-9-21-16-22(10-12-25(21)28)26(31)30-24-8-5-15-29-19-24/h2-8,10,12,15-16,19,23,32H,9,11,13-14,17-18H2,1H3,(H,30,31)/t23-,27-,28+/m1/s1. The number of aryl methyl sites for hydroxylation is 1. The van der Waals surface area contributed by atoms with Gasteiger partial charge in [-0.25, -0.2) is 0 Å². The molecule has 32 heavy (non-hydrogen) atoms. The summed E-state index contributed by atoms with van der Waals surface area (Å²) in [5.74, 6) is 0.334. The van der Waals surface area contributed by atoms with Gasteiger partial charge in [0, 0.05) is 17.2 Å². The number of hydrogen-bond acceptors (Lipinski definition) is 3. The molecule has 2 aromatic carbocycles. The number of pyridine rings is 1. The Labute approximate surface area is 189 Å². The first-order valence-electron chi connectivity index (χ1n) is 11.6. The summed E-state index contributed by atoms with van der Waals surface area (Å²) in [5.41, 5.74) is 4.78. The van der Waals surface area contributed by atoms with Gasteiger partial charge in [-0.3, -0.25) is 9.78 Å². The summed E-state index contributed by atoms with van der Waals surface area (Å²) in [6, 6.07) is 20.6. The average molecular weight is 427 g/mol. The van der Waals surface area contributed by atoms with Crippen LogP contribution >= 0.6 is 0 Å². The highest BCUT2D eigenvalue weighted by Gasteiger charge is 2.50. The Kier molecular flexibility index (Phi) is 5.34. The molecule has 0 aliphatic heterocycles. The van der Waals surface area contributed by atoms with Gasteiger partial charge in [0.1, 0.15) is 0 Å². The van der Waals surface area contributed by atoms with Crippen LogP contribution in [0, 0.1) is 5.92 Å². The number of aromatic nitrogens is 1. The topological polar surface area (TPSA) is 62.2 Å². The SMILES string of the molecule is C[C@@]1(O)CC[C@@]2(Cc3ccccc3)c3ccc(C(=O)Nc4cccnc4)cc3CC[C@@H]2C1. The summed E-state index contributed by atoms with van der Waals surface area (Å²) >= 11 is 0. The van der Waals surface area contributed by atoms with E-state index in [1.807, 2.05) is 25.1 Å². The van der Waals surface area contributed by atoms with E-state index in [2.05, 4.69) is 52.8 Å². The van der Waals surface area contributed by atoms with Crippen molar-refractivity contribution in [1.29, 1.82) is 0 Å². The summed E-state index contributed by atoms with van der Waals surface area (Å²) < 4.78 is 0. The van der Waals surface area contributed by atoms with E-state index >= 15 is 0 Å². The van der Waals surface area contributed by atoms with Gasteiger partial charge in [-0.1, -0.05) is 36.4 Å². The fraction of sp³-hybridized carbons (Fsp3) is 0.357. The molecule has 164 valence electrons. The van der Waals surface area contributed by atoms with Crippen LogP contribution in [0.3, 0.4) is 0 Å². The number of hydrogen-bond donors (Lipinski definition) is 2. The van der Waals surface area contributed by atoms with Crippen LogP contribution in [0.5, 0.6) is 0 Å². The van der Waals surface area contributed by atoms with Gasteiger partial charge in [0.05, 0.1) is 17.5 Å². The minimum absolute atomic E-state index is 0.00946. The molecule has 1 saturated carbocycles. The molecule has 4 heteroatoms. The van der Waals surface area contributed by atoms with E-state index in [4.69, 9.17) is 0 Å². The number of carbonyl (C=O) groups excluding carboxylic acids is 1. The van der Waals surface area contributed by atoms with E-state index in [0.29, 0.717) is 17.2 Å². The molecule has 5 rings (SSSR count). The van der Waals surface area contributed by atoms with Gasteiger partial charge in [-0.2, -0.15) is 0 Å². The monoisotopic (exact) mass is 426 g/mol. The molecule has 2 N–H and O–H groups in total. The van der Waals surface area contributed by atoms with Crippen LogP contribution in [-0.4, -0.2) is 21.6 Å². The zero-order valence-electron chi connectivity index (χ0n) is 18.6. The molecule has 1 aromatic heterocycles. The second-order valence-electron chi connectivity index (χ2n) is 9.82. The maximum atomic E-state index is 12.9. The molecule has 0 saturated heterocycles. The van der Waals surface area contributed by atoms with Crippen LogP contribution < -0.4 is 5.32 Å². The van der Waals surface area contributed by atoms with Crippen LogP contribution in [-0.2, 0) is 18.3 Å². The maximum absolute atomic E-state index is 12.9. The van der Waals surface area contributed by atoms with Crippen molar-refractivity contribution in [2.24, 2.45) is 5.92 Å². The fourth-order valence-electron chi connectivity index (χ4n) is 5.94. The molecule has 1 amide bonds. The predicted octanol–water partition coefficient (Wildman–Crippen LogP) is 5.31. The van der Waals surface area contributed by atoms with Gasteiger partial charge in [0.25, 0.3) is 5.91 Å². The minimum atomic E-state index is -0.591. The average Bonchev–Trinajstić information content (AvgIpc) is 2.80. The lowest BCUT2D eigenvalue weighted by Gasteiger charge is -2.53. The molecule has 2 aliphatic carbocycles. The number of carbonyl (C=O) groups is 1. The van der Waals surface area contributed by atoms with E-state index in [9.17, 15) is 9.90 Å². The van der Waals surface area contributed by atoms with Crippen molar-refractivity contribution >= 4 is 11.6 Å². The van der Waals surface area contributed by atoms with Crippen LogP contribution in [0.4, 0.5) is 5.69 Å². The van der Waals surface area contributed by atoms with E-state index in [0.717, 1.165) is 38.5 Å². The lowest BCUT2D eigenvalue weighted by atomic mass is 9.53. The molecule has 0 unspecified atom stereocenters. The minimum Gasteiger partial charge on any atom is -0.390 e. The molecular formula is C28H30N2O2. The van der Waals surface area contributed by atoms with Crippen LogP contribution in [0.1, 0.15) is 59.7 Å². The van der Waals surface area contributed by atoms with E-state index in [1.54, 1.807) is 12.4 Å². The number of aliphatic hydroxyl groups is 1. The number of nitrogens with one attached hydrogen (secondary N) is 1. The van der Waals surface area contributed by atoms with E-state index in [1.165, 1.54) is 16.7 Å². The first-order valence-corrected chi connectivity index (χ1v) is 11.6. The van der Waals surface area contributed by atoms with Crippen molar-refractivity contribution in [1.82, 2.24) is 4.98 Å². The molecule has 0 radical (unpaired) electrons. The van der Waals surface area contributed by atoms with Crippen LogP contribution in [0.2, 0.25) is 0 Å². The molecule has 3 atom stereocenters. The molecule has 0 bridgehead atoms. The van der Waals surface area contributed by atoms with Crippen molar-refractivity contribution < 1.29 is 9.90 Å². The predicted molar refractivity (Wildman–Crippen MR) is 127 cm³/mol. The Morgan fingerprint density at radius 1 is 1.12 bits per heavy atom. The van der Waals surface area contributed by atoms with Crippen LogP contribution in [0.25, 0.3) is 0 Å². The summed E-state index contributed by atoms with van der Waals surface area (Å²) in [4.78, 5) is 16.9. The van der Waals surface area contributed by atoms with Gasteiger partial charge >= 0.3 is 0 Å². The number of fused-ring (bicyclic) bond motifs is 3. The molecule has 4 nitrogen and oxygen atoms in total. The Morgan fingerprint density at radius 3 is 2.75 bits per heavy atom. The largest absolute Gasteiger partial charge is 0.390 e. The zero-order chi connectivity index (χ0) is 22.2. The summed E-state index contributed by atoms with van der Waals surface area (Å²) in [6.07, 6.45) is 8.92. The Hall–Kier alpha value is -2.98. The Balaban J connectivity index is 1.50. The lowest BCUT2D eigenvalue weighted by molar-refractivity contribution is -0.0366. The quantitative estimate of drug-likeness (QED) is 0.594. The molecule has 3 aromatic rings. The number of amides is 1. The van der Waals surface area contributed by atoms with E-state index in [-0.39, 0.29) is 11.3 Å². The molecule has 2 aliphatic rings. The van der Waals surface area contributed by atoms with Gasteiger partial charge in [-0.05, 0) is 92.3 Å². The van der Waals surface area contributed by atoms with Crippen molar-refractivity contribution in [3.63, 3.8) is 0 Å². The second kappa shape index (κ2) is 8.18. The van der Waals surface area contributed by atoms with Crippen molar-refractivity contribution in [2.45, 2.75) is 56.5 Å². The number of nitrogens with zero attached hydrogens (tertiary/aromatic N) is 1. The van der Waals surface area contributed by atoms with Gasteiger partial charge in [0.2, 0.25) is 0 Å². The smallest absolute Gasteiger partial charge is 0.255 e. The van der Waals surface area contributed by atoms with Crippen molar-refractivity contribution in [2.75, 3.05) is 5.32 Å². The van der Waals surface area contributed by atoms with Crippen molar-refractivity contribution in [3.8, 4) is 0 Å². The number of anilines is 1. The highest BCUT2D eigenvalue weighted by Crippen LogP contribution is 2.54. The third-order valence-corrected chi connectivity index (χ3v) is 7.53. The molecular weight excluding hydrogens is 396 g/mol. The highest BCUT2D eigenvalue weighted by molar-refractivity contribution is 6.04. The summed E-state index contributed by atoms with van der Waals surface area (Å²) in [7, 11) is 0. The van der Waals surface area contributed by atoms with E-state index < -0.39 is 5.60 Å². The van der Waals surface area contributed by atoms with Gasteiger partial charge in [0.15, 0.2) is 0 Å². The highest BCUT2D eigenvalue weighted by atomic mass is 16.3. The van der Waals surface area contributed by atoms with Gasteiger partial charge in [-0.15, -0.1) is 0 Å². The molecule has 1 fully saturated rings. The summed E-state index contributed by atoms with van der Waals surface area (Å²) in [5, 5.41) is 13.8. The fourth-order valence-corrected chi connectivity index (χ4v) is 5.94. The third kappa shape index (κ3) is 3.95. The van der Waals surface area contributed by atoms with Crippen LogP contribution in [0.15, 0.2) is 73.1 Å². The first kappa shape index (κ1) is 20.9. The number of benzene rings is 2. The molecule has 1 heterocycles. The maximum Gasteiger partial charge on any atom is 0.255 e. The number of rotatable bonds is 4. The summed E-state index contributed by atoms with van der Waals surface area (Å²) in [6.45, 7) is 1.99. The second-order valence-corrected chi connectivity index (χ2v) is 9.82. The zero-order valence-corrected chi connectivity index (χ0v) is 18.6.